The lowest BCUT2D eigenvalue weighted by Gasteiger charge is -2.38. The Labute approximate surface area is 121 Å². The highest BCUT2D eigenvalue weighted by atomic mass is 79.9. The monoisotopic (exact) mass is 328 g/mol. The highest BCUT2D eigenvalue weighted by Crippen LogP contribution is 2.51. The molecule has 1 aromatic rings. The van der Waals surface area contributed by atoms with E-state index in [0.29, 0.717) is 6.54 Å². The van der Waals surface area contributed by atoms with Crippen LogP contribution in [0.5, 0.6) is 0 Å². The number of benzene rings is 1. The molecule has 2 aliphatic carbocycles. The molecule has 4 heteroatoms. The summed E-state index contributed by atoms with van der Waals surface area (Å²) >= 11 is 9.50. The molecule has 0 heterocycles. The summed E-state index contributed by atoms with van der Waals surface area (Å²) in [6, 6.07) is 6.01. The number of hydrogen-bond donors (Lipinski definition) is 2. The summed E-state index contributed by atoms with van der Waals surface area (Å²) in [4.78, 5) is 0. The van der Waals surface area contributed by atoms with Crippen LogP contribution in [0.2, 0.25) is 5.02 Å². The van der Waals surface area contributed by atoms with Crippen molar-refractivity contribution in [1.82, 2.24) is 0 Å². The third-order valence-corrected chi connectivity index (χ3v) is 5.87. The fourth-order valence-electron chi connectivity index (χ4n) is 3.76. The number of anilines is 1. The normalized spacial score (nSPS) is 33.9. The molecule has 3 atom stereocenters. The molecule has 2 nitrogen and oxygen atoms in total. The molecule has 0 amide bonds. The van der Waals surface area contributed by atoms with Crippen LogP contribution in [0, 0.1) is 11.8 Å². The third kappa shape index (κ3) is 2.06. The van der Waals surface area contributed by atoms with E-state index in [1.165, 1.54) is 25.7 Å². The van der Waals surface area contributed by atoms with Gasteiger partial charge in [-0.3, -0.25) is 0 Å². The lowest BCUT2D eigenvalue weighted by molar-refractivity contribution is 0.306. The number of nitrogens with two attached hydrogens (primary N) is 1. The van der Waals surface area contributed by atoms with Gasteiger partial charge in [0.2, 0.25) is 0 Å². The smallest absolute Gasteiger partial charge is 0.0549 e. The minimum atomic E-state index is 0.107. The number of nitrogens with one attached hydrogen (secondary N) is 1. The molecule has 0 radical (unpaired) electrons. The van der Waals surface area contributed by atoms with Crippen LogP contribution in [-0.2, 0) is 0 Å². The average Bonchev–Trinajstić information content (AvgIpc) is 2.94. The number of hydrogen-bond acceptors (Lipinski definition) is 2. The first-order valence-corrected chi connectivity index (χ1v) is 7.73. The Hall–Kier alpha value is -0.250. The predicted molar refractivity (Wildman–Crippen MR) is 80.0 cm³/mol. The molecule has 1 aromatic carbocycles. The molecule has 3 unspecified atom stereocenters. The predicted octanol–water partition coefficient (Wildman–Crippen LogP) is 4.03. The molecule has 2 bridgehead atoms. The van der Waals surface area contributed by atoms with Gasteiger partial charge < -0.3 is 11.1 Å². The van der Waals surface area contributed by atoms with Crippen molar-refractivity contribution in [3.63, 3.8) is 0 Å². The highest BCUT2D eigenvalue weighted by Gasteiger charge is 2.50. The van der Waals surface area contributed by atoms with E-state index in [2.05, 4.69) is 21.2 Å². The summed E-state index contributed by atoms with van der Waals surface area (Å²) in [5.41, 5.74) is 7.29. The maximum atomic E-state index is 6.07. The van der Waals surface area contributed by atoms with Crippen LogP contribution in [0.3, 0.4) is 0 Å². The first-order valence-electron chi connectivity index (χ1n) is 6.56. The Balaban J connectivity index is 1.84. The van der Waals surface area contributed by atoms with Gasteiger partial charge in [-0.25, -0.2) is 0 Å². The molecular weight excluding hydrogens is 312 g/mol. The second-order valence-corrected chi connectivity index (χ2v) is 6.96. The number of fused-ring (bicyclic) bond motifs is 2. The van der Waals surface area contributed by atoms with Crippen LogP contribution in [0.4, 0.5) is 5.69 Å². The van der Waals surface area contributed by atoms with Crippen molar-refractivity contribution >= 4 is 33.2 Å². The van der Waals surface area contributed by atoms with E-state index in [0.717, 1.165) is 27.0 Å². The summed E-state index contributed by atoms with van der Waals surface area (Å²) in [6.45, 7) is 0.717. The molecule has 3 rings (SSSR count). The van der Waals surface area contributed by atoms with E-state index in [4.69, 9.17) is 17.3 Å². The van der Waals surface area contributed by atoms with Gasteiger partial charge in [0.15, 0.2) is 0 Å². The fourth-order valence-corrected chi connectivity index (χ4v) is 4.26. The van der Waals surface area contributed by atoms with Gasteiger partial charge in [-0.15, -0.1) is 0 Å². The lowest BCUT2D eigenvalue weighted by atomic mass is 9.80. The topological polar surface area (TPSA) is 38.0 Å². The molecular formula is C14H18BrClN2. The maximum absolute atomic E-state index is 6.07. The van der Waals surface area contributed by atoms with Crippen molar-refractivity contribution in [3.8, 4) is 0 Å². The Morgan fingerprint density at radius 3 is 2.83 bits per heavy atom. The number of halogens is 2. The van der Waals surface area contributed by atoms with Crippen LogP contribution in [0.1, 0.15) is 25.7 Å². The van der Waals surface area contributed by atoms with Crippen LogP contribution >= 0.6 is 27.5 Å². The van der Waals surface area contributed by atoms with Crippen molar-refractivity contribution in [2.45, 2.75) is 31.2 Å². The minimum absolute atomic E-state index is 0.107. The van der Waals surface area contributed by atoms with E-state index in [-0.39, 0.29) is 5.54 Å². The van der Waals surface area contributed by atoms with Crippen LogP contribution in [0.25, 0.3) is 0 Å². The van der Waals surface area contributed by atoms with Gasteiger partial charge in [0.1, 0.15) is 0 Å². The molecule has 0 saturated heterocycles. The molecule has 2 fully saturated rings. The van der Waals surface area contributed by atoms with E-state index in [1.54, 1.807) is 0 Å². The Bertz CT molecular complexity index is 465. The summed E-state index contributed by atoms with van der Waals surface area (Å²) in [5, 5.41) is 4.44. The summed E-state index contributed by atoms with van der Waals surface area (Å²) < 4.78 is 0.935. The van der Waals surface area contributed by atoms with Crippen molar-refractivity contribution in [2.24, 2.45) is 17.6 Å². The van der Waals surface area contributed by atoms with Crippen molar-refractivity contribution in [2.75, 3.05) is 11.9 Å². The van der Waals surface area contributed by atoms with E-state index >= 15 is 0 Å². The van der Waals surface area contributed by atoms with E-state index < -0.39 is 0 Å². The summed E-state index contributed by atoms with van der Waals surface area (Å²) in [5.74, 6) is 1.61. The highest BCUT2D eigenvalue weighted by molar-refractivity contribution is 9.10. The molecule has 3 N–H and O–H groups in total. The van der Waals surface area contributed by atoms with E-state index in [9.17, 15) is 0 Å². The molecule has 98 valence electrons. The van der Waals surface area contributed by atoms with Gasteiger partial charge in [-0.1, -0.05) is 11.6 Å². The molecule has 0 aliphatic heterocycles. The standard InChI is InChI=1S/C14H18BrClN2/c15-12-6-11(3-4-13(12)16)18-14(8-17)7-9-1-2-10(14)5-9/h3-4,6,9-10,18H,1-2,5,7-8,17H2. The molecule has 0 spiro atoms. The van der Waals surface area contributed by atoms with Gasteiger partial charge in [0.05, 0.1) is 10.6 Å². The second kappa shape index (κ2) is 4.69. The van der Waals surface area contributed by atoms with Gasteiger partial charge in [0.25, 0.3) is 0 Å². The van der Waals surface area contributed by atoms with Crippen molar-refractivity contribution in [1.29, 1.82) is 0 Å². The average molecular weight is 330 g/mol. The lowest BCUT2D eigenvalue weighted by Crippen LogP contribution is -2.49. The Morgan fingerprint density at radius 2 is 2.28 bits per heavy atom. The minimum Gasteiger partial charge on any atom is -0.378 e. The first kappa shape index (κ1) is 12.8. The molecule has 18 heavy (non-hydrogen) atoms. The number of rotatable bonds is 3. The van der Waals surface area contributed by atoms with Crippen LogP contribution in [0.15, 0.2) is 22.7 Å². The van der Waals surface area contributed by atoms with Crippen molar-refractivity contribution in [3.05, 3.63) is 27.7 Å². The molecule has 2 aliphatic rings. The SMILES string of the molecule is NCC1(Nc2ccc(Cl)c(Br)c2)CC2CCC1C2. The second-order valence-electron chi connectivity index (χ2n) is 5.69. The first-order chi connectivity index (χ1) is 8.63. The summed E-state index contributed by atoms with van der Waals surface area (Å²) in [6.07, 6.45) is 5.27. The quantitative estimate of drug-likeness (QED) is 0.878. The van der Waals surface area contributed by atoms with Crippen LogP contribution < -0.4 is 11.1 Å². The Kier molecular flexibility index (Phi) is 3.33. The maximum Gasteiger partial charge on any atom is 0.0549 e. The third-order valence-electron chi connectivity index (χ3n) is 4.65. The zero-order valence-electron chi connectivity index (χ0n) is 10.3. The molecule has 0 aromatic heterocycles. The zero-order chi connectivity index (χ0) is 12.8. The molecule has 2 saturated carbocycles. The fraction of sp³-hybridized carbons (Fsp3) is 0.571. The van der Waals surface area contributed by atoms with Gasteiger partial charge in [-0.05, 0) is 71.6 Å². The van der Waals surface area contributed by atoms with Crippen LogP contribution in [-0.4, -0.2) is 12.1 Å². The zero-order valence-corrected chi connectivity index (χ0v) is 12.6. The van der Waals surface area contributed by atoms with Gasteiger partial charge >= 0.3 is 0 Å². The van der Waals surface area contributed by atoms with Gasteiger partial charge in [-0.2, -0.15) is 0 Å². The van der Waals surface area contributed by atoms with E-state index in [1.807, 2.05) is 18.2 Å². The largest absolute Gasteiger partial charge is 0.378 e. The van der Waals surface area contributed by atoms with Gasteiger partial charge in [0, 0.05) is 16.7 Å². The van der Waals surface area contributed by atoms with Crippen molar-refractivity contribution < 1.29 is 0 Å². The summed E-state index contributed by atoms with van der Waals surface area (Å²) in [7, 11) is 0. The Morgan fingerprint density at radius 1 is 1.44 bits per heavy atom.